The number of carbonyl (C=O) groups is 2. The fourth-order valence-corrected chi connectivity index (χ4v) is 4.29. The van der Waals surface area contributed by atoms with Crippen LogP contribution >= 0.6 is 0 Å². The highest BCUT2D eigenvalue weighted by Crippen LogP contribution is 2.33. The van der Waals surface area contributed by atoms with Gasteiger partial charge in [-0.15, -0.1) is 0 Å². The molecule has 9 nitrogen and oxygen atoms in total. The minimum atomic E-state index is -0.333. The molecule has 0 atom stereocenters. The maximum atomic E-state index is 13.7. The van der Waals surface area contributed by atoms with Crippen molar-refractivity contribution in [1.82, 2.24) is 9.80 Å². The molecule has 0 fully saturated rings. The molecule has 2 aromatic carbocycles. The third-order valence-corrected chi connectivity index (χ3v) is 6.60. The number of hydrogen-bond donors (Lipinski definition) is 1. The summed E-state index contributed by atoms with van der Waals surface area (Å²) < 4.78 is 22.2. The number of nitrogens with zero attached hydrogens (tertiary/aromatic N) is 2. The number of rotatable bonds is 12. The molecule has 3 aromatic rings. The summed E-state index contributed by atoms with van der Waals surface area (Å²) in [6.07, 6.45) is 0.612. The van der Waals surface area contributed by atoms with Crippen molar-refractivity contribution in [2.75, 3.05) is 38.4 Å². The Morgan fingerprint density at radius 1 is 0.923 bits per heavy atom. The molecular formula is C30H37N3O6. The number of benzene rings is 2. The SMILES string of the molecule is CCOCCCN(CC(=O)N(Cc1ccc2c(c1)OCO2)Cc1ccc(C)o1)C(=O)Nc1ccc(C)c(C)c1. The van der Waals surface area contributed by atoms with Gasteiger partial charge in [0.15, 0.2) is 11.5 Å². The number of furan rings is 1. The molecule has 0 spiro atoms. The lowest BCUT2D eigenvalue weighted by atomic mass is 10.1. The molecule has 39 heavy (non-hydrogen) atoms. The number of urea groups is 1. The highest BCUT2D eigenvalue weighted by atomic mass is 16.7. The normalized spacial score (nSPS) is 11.9. The van der Waals surface area contributed by atoms with Crippen molar-refractivity contribution in [1.29, 1.82) is 0 Å². The summed E-state index contributed by atoms with van der Waals surface area (Å²) in [7, 11) is 0. The lowest BCUT2D eigenvalue weighted by molar-refractivity contribution is -0.133. The maximum absolute atomic E-state index is 13.7. The number of aryl methyl sites for hydroxylation is 3. The van der Waals surface area contributed by atoms with E-state index in [4.69, 9.17) is 18.6 Å². The molecule has 0 saturated carbocycles. The molecule has 0 aliphatic carbocycles. The maximum Gasteiger partial charge on any atom is 0.322 e. The lowest BCUT2D eigenvalue weighted by Gasteiger charge is -2.28. The third-order valence-electron chi connectivity index (χ3n) is 6.60. The van der Waals surface area contributed by atoms with Gasteiger partial charge < -0.3 is 33.7 Å². The van der Waals surface area contributed by atoms with E-state index < -0.39 is 0 Å². The first kappa shape index (κ1) is 28.0. The van der Waals surface area contributed by atoms with Gasteiger partial charge in [-0.3, -0.25) is 4.79 Å². The van der Waals surface area contributed by atoms with Crippen molar-refractivity contribution in [2.45, 2.75) is 47.2 Å². The zero-order valence-corrected chi connectivity index (χ0v) is 23.1. The van der Waals surface area contributed by atoms with Crippen LogP contribution < -0.4 is 14.8 Å². The second-order valence-corrected chi connectivity index (χ2v) is 9.65. The average Bonchev–Trinajstić information content (AvgIpc) is 3.55. The van der Waals surface area contributed by atoms with Crippen LogP contribution in [0.3, 0.4) is 0 Å². The van der Waals surface area contributed by atoms with Crippen molar-refractivity contribution >= 4 is 17.6 Å². The van der Waals surface area contributed by atoms with Crippen molar-refractivity contribution in [2.24, 2.45) is 0 Å². The van der Waals surface area contributed by atoms with E-state index in [0.29, 0.717) is 55.7 Å². The fraction of sp³-hybridized carbons (Fsp3) is 0.400. The highest BCUT2D eigenvalue weighted by molar-refractivity contribution is 5.92. The van der Waals surface area contributed by atoms with Crippen LogP contribution in [-0.4, -0.2) is 54.8 Å². The van der Waals surface area contributed by atoms with Gasteiger partial charge in [-0.05, 0) is 87.2 Å². The molecule has 0 saturated heterocycles. The molecule has 208 valence electrons. The van der Waals surface area contributed by atoms with Crippen LogP contribution in [0.1, 0.15) is 41.6 Å². The highest BCUT2D eigenvalue weighted by Gasteiger charge is 2.24. The topological polar surface area (TPSA) is 93.5 Å². The zero-order valence-electron chi connectivity index (χ0n) is 23.1. The van der Waals surface area contributed by atoms with Crippen LogP contribution in [0.5, 0.6) is 11.5 Å². The van der Waals surface area contributed by atoms with E-state index in [2.05, 4.69) is 5.32 Å². The predicted molar refractivity (Wildman–Crippen MR) is 148 cm³/mol. The number of carbonyl (C=O) groups excluding carboxylic acids is 2. The largest absolute Gasteiger partial charge is 0.464 e. The molecular weight excluding hydrogens is 498 g/mol. The van der Waals surface area contributed by atoms with Gasteiger partial charge in [0.1, 0.15) is 18.1 Å². The second-order valence-electron chi connectivity index (χ2n) is 9.65. The van der Waals surface area contributed by atoms with Crippen molar-refractivity contribution in [3.63, 3.8) is 0 Å². The van der Waals surface area contributed by atoms with Gasteiger partial charge in [-0.25, -0.2) is 4.79 Å². The molecule has 0 bridgehead atoms. The molecule has 3 amide bonds. The Labute approximate surface area is 229 Å². The number of fused-ring (bicyclic) bond motifs is 1. The van der Waals surface area contributed by atoms with Crippen LogP contribution in [0, 0.1) is 20.8 Å². The van der Waals surface area contributed by atoms with E-state index in [1.807, 2.05) is 76.2 Å². The monoisotopic (exact) mass is 535 g/mol. The van der Waals surface area contributed by atoms with E-state index in [0.717, 1.165) is 22.5 Å². The predicted octanol–water partition coefficient (Wildman–Crippen LogP) is 5.42. The summed E-state index contributed by atoms with van der Waals surface area (Å²) in [5.41, 5.74) is 3.80. The van der Waals surface area contributed by atoms with Crippen LogP contribution in [0.4, 0.5) is 10.5 Å². The van der Waals surface area contributed by atoms with Crippen LogP contribution in [0.2, 0.25) is 0 Å². The minimum Gasteiger partial charge on any atom is -0.464 e. The number of amides is 3. The molecule has 1 N–H and O–H groups in total. The van der Waals surface area contributed by atoms with Crippen molar-refractivity contribution in [3.05, 3.63) is 76.7 Å². The molecule has 9 heteroatoms. The number of ether oxygens (including phenoxy) is 3. The van der Waals surface area contributed by atoms with E-state index in [9.17, 15) is 9.59 Å². The standard InChI is InChI=1S/C30H37N3O6/c1-5-36-14-6-13-32(30(35)31-25-10-7-21(2)22(3)15-25)19-29(34)33(18-26-11-8-23(4)39-26)17-24-9-12-27-28(16-24)38-20-37-27/h7-12,15-16H,5-6,13-14,17-20H2,1-4H3,(H,31,35). The molecule has 1 aliphatic rings. The Bertz CT molecular complexity index is 1290. The van der Waals surface area contributed by atoms with Gasteiger partial charge in [0.25, 0.3) is 0 Å². The number of hydrogen-bond acceptors (Lipinski definition) is 6. The Hall–Kier alpha value is -3.98. The number of nitrogens with one attached hydrogen (secondary N) is 1. The molecule has 0 radical (unpaired) electrons. The van der Waals surface area contributed by atoms with Gasteiger partial charge in [-0.1, -0.05) is 12.1 Å². The van der Waals surface area contributed by atoms with E-state index in [1.54, 1.807) is 4.90 Å². The van der Waals surface area contributed by atoms with E-state index >= 15 is 0 Å². The Morgan fingerprint density at radius 3 is 2.49 bits per heavy atom. The first-order valence-corrected chi connectivity index (χ1v) is 13.2. The molecule has 1 aliphatic heterocycles. The average molecular weight is 536 g/mol. The van der Waals surface area contributed by atoms with Crippen LogP contribution in [-0.2, 0) is 22.6 Å². The molecule has 2 heterocycles. The fourth-order valence-electron chi connectivity index (χ4n) is 4.29. The first-order valence-electron chi connectivity index (χ1n) is 13.2. The van der Waals surface area contributed by atoms with Crippen molar-refractivity contribution < 1.29 is 28.2 Å². The Kier molecular flexibility index (Phi) is 9.49. The Balaban J connectivity index is 1.51. The smallest absolute Gasteiger partial charge is 0.322 e. The van der Waals surface area contributed by atoms with Gasteiger partial charge >= 0.3 is 6.03 Å². The summed E-state index contributed by atoms with van der Waals surface area (Å²) in [6.45, 7) is 9.97. The van der Waals surface area contributed by atoms with Crippen molar-refractivity contribution in [3.8, 4) is 11.5 Å². The van der Waals surface area contributed by atoms with Gasteiger partial charge in [0, 0.05) is 32.0 Å². The number of anilines is 1. The van der Waals surface area contributed by atoms with Crippen LogP contribution in [0.25, 0.3) is 0 Å². The minimum absolute atomic E-state index is 0.0902. The summed E-state index contributed by atoms with van der Waals surface area (Å²) in [6, 6.07) is 14.8. The van der Waals surface area contributed by atoms with E-state index in [-0.39, 0.29) is 31.8 Å². The second kappa shape index (κ2) is 13.2. The van der Waals surface area contributed by atoms with Crippen LogP contribution in [0.15, 0.2) is 52.9 Å². The third kappa shape index (κ3) is 7.77. The first-order chi connectivity index (χ1) is 18.8. The Morgan fingerprint density at radius 2 is 1.74 bits per heavy atom. The van der Waals surface area contributed by atoms with Gasteiger partial charge in [0.2, 0.25) is 12.7 Å². The zero-order chi connectivity index (χ0) is 27.8. The molecule has 1 aromatic heterocycles. The summed E-state index contributed by atoms with van der Waals surface area (Å²) in [4.78, 5) is 30.3. The lowest BCUT2D eigenvalue weighted by Crippen LogP contribution is -2.44. The summed E-state index contributed by atoms with van der Waals surface area (Å²) >= 11 is 0. The summed E-state index contributed by atoms with van der Waals surface area (Å²) in [5, 5.41) is 2.95. The molecule has 4 rings (SSSR count). The van der Waals surface area contributed by atoms with Gasteiger partial charge in [0.05, 0.1) is 6.54 Å². The quantitative estimate of drug-likeness (QED) is 0.311. The van der Waals surface area contributed by atoms with Gasteiger partial charge in [-0.2, -0.15) is 0 Å². The summed E-state index contributed by atoms with van der Waals surface area (Å²) in [5.74, 6) is 2.57. The molecule has 0 unspecified atom stereocenters. The van der Waals surface area contributed by atoms with E-state index in [1.165, 1.54) is 4.90 Å².